The number of rotatable bonds is 11. The Morgan fingerprint density at radius 2 is 1.72 bits per heavy atom. The Balaban J connectivity index is 1.31. The molecule has 1 saturated heterocycles. The zero-order valence-corrected chi connectivity index (χ0v) is 22.3. The standard InChI is InChI=1S/C28H40N4O4/c1-19-16-24(20(2)32(19)11-10-22-6-9-26(35-4)27(17-22)36-5)25(33)18-30-12-14-31(15-13-30)21(3)28(34)29-23-7-8-23/h6,9,16-17,21,23H,7-8,10-15,18H2,1-5H3,(H,29,34). The number of hydrogen-bond acceptors (Lipinski definition) is 6. The molecule has 196 valence electrons. The molecule has 2 aromatic rings. The Morgan fingerprint density at radius 3 is 2.36 bits per heavy atom. The van der Waals surface area contributed by atoms with Crippen molar-refractivity contribution in [3.63, 3.8) is 0 Å². The normalized spacial score (nSPS) is 17.6. The Labute approximate surface area is 214 Å². The summed E-state index contributed by atoms with van der Waals surface area (Å²) in [6, 6.07) is 8.28. The number of Topliss-reactive ketones (excluding diaryl/α,β-unsaturated/α-hetero) is 1. The summed E-state index contributed by atoms with van der Waals surface area (Å²) in [4.78, 5) is 30.0. The molecule has 1 N–H and O–H groups in total. The van der Waals surface area contributed by atoms with Gasteiger partial charge >= 0.3 is 0 Å². The first-order chi connectivity index (χ1) is 17.3. The maximum Gasteiger partial charge on any atom is 0.237 e. The predicted octanol–water partition coefficient (Wildman–Crippen LogP) is 2.83. The quantitative estimate of drug-likeness (QED) is 0.482. The van der Waals surface area contributed by atoms with E-state index in [2.05, 4.69) is 32.7 Å². The molecule has 1 saturated carbocycles. The van der Waals surface area contributed by atoms with E-state index in [0.717, 1.165) is 86.0 Å². The smallest absolute Gasteiger partial charge is 0.237 e. The number of ether oxygens (including phenoxy) is 2. The van der Waals surface area contributed by atoms with Gasteiger partial charge in [-0.05, 0) is 63.8 Å². The van der Waals surface area contributed by atoms with Crippen molar-refractivity contribution in [2.45, 2.75) is 58.7 Å². The van der Waals surface area contributed by atoms with Crippen LogP contribution >= 0.6 is 0 Å². The molecule has 1 aliphatic heterocycles. The lowest BCUT2D eigenvalue weighted by molar-refractivity contribution is -0.126. The third-order valence-electron chi connectivity index (χ3n) is 7.57. The molecule has 1 aliphatic carbocycles. The molecule has 2 aliphatic rings. The zero-order valence-electron chi connectivity index (χ0n) is 22.3. The van der Waals surface area contributed by atoms with Crippen LogP contribution in [0.1, 0.15) is 47.1 Å². The van der Waals surface area contributed by atoms with Gasteiger partial charge in [0.2, 0.25) is 5.91 Å². The van der Waals surface area contributed by atoms with E-state index in [9.17, 15) is 9.59 Å². The number of methoxy groups -OCH3 is 2. The van der Waals surface area contributed by atoms with Crippen LogP contribution in [0.25, 0.3) is 0 Å². The lowest BCUT2D eigenvalue weighted by atomic mass is 10.1. The average molecular weight is 497 g/mol. The molecule has 2 fully saturated rings. The number of benzene rings is 1. The molecule has 0 spiro atoms. The van der Waals surface area contributed by atoms with E-state index < -0.39 is 0 Å². The van der Waals surface area contributed by atoms with Crippen molar-refractivity contribution >= 4 is 11.7 Å². The van der Waals surface area contributed by atoms with Crippen LogP contribution in [-0.4, -0.2) is 85.1 Å². The summed E-state index contributed by atoms with van der Waals surface area (Å²) in [5, 5.41) is 3.10. The summed E-state index contributed by atoms with van der Waals surface area (Å²) in [5.41, 5.74) is 4.07. The maximum absolute atomic E-state index is 13.2. The van der Waals surface area contributed by atoms with Crippen molar-refractivity contribution in [1.29, 1.82) is 0 Å². The zero-order chi connectivity index (χ0) is 25.8. The number of nitrogens with zero attached hydrogens (tertiary/aromatic N) is 3. The number of aryl methyl sites for hydroxylation is 2. The molecule has 8 nitrogen and oxygen atoms in total. The minimum Gasteiger partial charge on any atom is -0.493 e. The third kappa shape index (κ3) is 6.10. The second-order valence-electron chi connectivity index (χ2n) is 10.1. The van der Waals surface area contributed by atoms with Gasteiger partial charge in [0.1, 0.15) is 0 Å². The third-order valence-corrected chi connectivity index (χ3v) is 7.57. The van der Waals surface area contributed by atoms with Gasteiger partial charge in [-0.2, -0.15) is 0 Å². The van der Waals surface area contributed by atoms with Gasteiger partial charge in [-0.25, -0.2) is 0 Å². The van der Waals surface area contributed by atoms with Gasteiger partial charge in [-0.1, -0.05) is 6.07 Å². The van der Waals surface area contributed by atoms with Gasteiger partial charge in [-0.15, -0.1) is 0 Å². The molecular formula is C28H40N4O4. The number of nitrogens with one attached hydrogen (secondary N) is 1. The molecule has 4 rings (SSSR count). The number of aromatic nitrogens is 1. The van der Waals surface area contributed by atoms with Gasteiger partial charge in [-0.3, -0.25) is 19.4 Å². The number of piperazine rings is 1. The lowest BCUT2D eigenvalue weighted by Gasteiger charge is -2.37. The first-order valence-electron chi connectivity index (χ1n) is 13.0. The second-order valence-corrected chi connectivity index (χ2v) is 10.1. The Hall–Kier alpha value is -2.84. The fourth-order valence-corrected chi connectivity index (χ4v) is 5.02. The molecule has 1 unspecified atom stereocenters. The fourth-order valence-electron chi connectivity index (χ4n) is 5.02. The van der Waals surface area contributed by atoms with Crippen LogP contribution in [0.4, 0.5) is 0 Å². The number of ketones is 1. The van der Waals surface area contributed by atoms with Crippen LogP contribution in [-0.2, 0) is 17.8 Å². The van der Waals surface area contributed by atoms with Crippen LogP contribution in [0.3, 0.4) is 0 Å². The number of amides is 1. The highest BCUT2D eigenvalue weighted by Gasteiger charge is 2.30. The van der Waals surface area contributed by atoms with E-state index >= 15 is 0 Å². The van der Waals surface area contributed by atoms with Gasteiger partial charge in [0, 0.05) is 55.7 Å². The number of hydrogen-bond donors (Lipinski definition) is 1. The van der Waals surface area contributed by atoms with E-state index in [1.54, 1.807) is 14.2 Å². The van der Waals surface area contributed by atoms with Crippen LogP contribution in [0.5, 0.6) is 11.5 Å². The Kier molecular flexibility index (Phi) is 8.36. The minimum absolute atomic E-state index is 0.118. The summed E-state index contributed by atoms with van der Waals surface area (Å²) in [6.07, 6.45) is 3.04. The summed E-state index contributed by atoms with van der Waals surface area (Å²) in [5.74, 6) is 1.74. The lowest BCUT2D eigenvalue weighted by Crippen LogP contribution is -2.54. The summed E-state index contributed by atoms with van der Waals surface area (Å²) in [7, 11) is 3.28. The first kappa shape index (κ1) is 26.2. The molecule has 1 aromatic heterocycles. The molecule has 2 heterocycles. The summed E-state index contributed by atoms with van der Waals surface area (Å²) >= 11 is 0. The largest absolute Gasteiger partial charge is 0.493 e. The van der Waals surface area contributed by atoms with E-state index in [1.165, 1.54) is 0 Å². The van der Waals surface area contributed by atoms with E-state index in [1.807, 2.05) is 32.0 Å². The highest BCUT2D eigenvalue weighted by Crippen LogP contribution is 2.28. The average Bonchev–Trinajstić information content (AvgIpc) is 3.65. The predicted molar refractivity (Wildman–Crippen MR) is 140 cm³/mol. The van der Waals surface area contributed by atoms with E-state index in [0.29, 0.717) is 12.6 Å². The number of carbonyl (C=O) groups excluding carboxylic acids is 2. The monoisotopic (exact) mass is 496 g/mol. The van der Waals surface area contributed by atoms with Crippen molar-refractivity contribution in [1.82, 2.24) is 19.7 Å². The molecule has 0 bridgehead atoms. The summed E-state index contributed by atoms with van der Waals surface area (Å²) < 4.78 is 13.0. The molecule has 36 heavy (non-hydrogen) atoms. The molecule has 1 amide bonds. The van der Waals surface area contributed by atoms with Crippen molar-refractivity contribution in [2.24, 2.45) is 0 Å². The highest BCUT2D eigenvalue weighted by molar-refractivity contribution is 5.99. The van der Waals surface area contributed by atoms with Crippen LogP contribution in [0.2, 0.25) is 0 Å². The molecule has 0 radical (unpaired) electrons. The Bertz CT molecular complexity index is 1080. The van der Waals surface area contributed by atoms with Gasteiger partial charge in [0.05, 0.1) is 26.8 Å². The highest BCUT2D eigenvalue weighted by atomic mass is 16.5. The van der Waals surface area contributed by atoms with Crippen LogP contribution in [0.15, 0.2) is 24.3 Å². The second kappa shape index (κ2) is 11.5. The summed E-state index contributed by atoms with van der Waals surface area (Å²) in [6.45, 7) is 10.5. The molecule has 1 aromatic carbocycles. The molecular weight excluding hydrogens is 456 g/mol. The van der Waals surface area contributed by atoms with Crippen LogP contribution < -0.4 is 14.8 Å². The maximum atomic E-state index is 13.2. The van der Waals surface area contributed by atoms with Crippen molar-refractivity contribution in [3.05, 3.63) is 46.8 Å². The van der Waals surface area contributed by atoms with Crippen LogP contribution in [0, 0.1) is 13.8 Å². The topological polar surface area (TPSA) is 76.0 Å². The Morgan fingerprint density at radius 1 is 1.03 bits per heavy atom. The van der Waals surface area contributed by atoms with Crippen molar-refractivity contribution in [3.8, 4) is 11.5 Å². The van der Waals surface area contributed by atoms with Crippen molar-refractivity contribution in [2.75, 3.05) is 46.9 Å². The minimum atomic E-state index is -0.118. The van der Waals surface area contributed by atoms with E-state index in [4.69, 9.17) is 9.47 Å². The van der Waals surface area contributed by atoms with Crippen molar-refractivity contribution < 1.29 is 19.1 Å². The fraction of sp³-hybridized carbons (Fsp3) is 0.571. The van der Waals surface area contributed by atoms with Gasteiger partial charge < -0.3 is 19.4 Å². The molecule has 1 atom stereocenters. The van der Waals surface area contributed by atoms with Gasteiger partial charge in [0.15, 0.2) is 17.3 Å². The number of carbonyl (C=O) groups is 2. The molecule has 8 heteroatoms. The SMILES string of the molecule is COc1ccc(CCn2c(C)cc(C(=O)CN3CCN(C(C)C(=O)NC4CC4)CC3)c2C)cc1OC. The first-order valence-corrected chi connectivity index (χ1v) is 13.0. The van der Waals surface area contributed by atoms with Gasteiger partial charge in [0.25, 0.3) is 0 Å². The van der Waals surface area contributed by atoms with E-state index in [-0.39, 0.29) is 17.7 Å².